The van der Waals surface area contributed by atoms with Crippen molar-refractivity contribution in [3.8, 4) is 0 Å². The largest absolute Gasteiger partial charge is 0.479 e. The van der Waals surface area contributed by atoms with Gasteiger partial charge in [-0.2, -0.15) is 5.10 Å². The predicted molar refractivity (Wildman–Crippen MR) is 66.3 cm³/mol. The zero-order chi connectivity index (χ0) is 13.3. The van der Waals surface area contributed by atoms with Crippen molar-refractivity contribution in [1.82, 2.24) is 14.8 Å². The Morgan fingerprint density at radius 1 is 1.33 bits per heavy atom. The number of benzene rings is 1. The molecule has 0 saturated carbocycles. The molecule has 1 aromatic carbocycles. The third-order valence-electron chi connectivity index (χ3n) is 3.36. The second-order valence-electron chi connectivity index (χ2n) is 4.52. The van der Waals surface area contributed by atoms with Gasteiger partial charge in [-0.05, 0) is 37.5 Å². The number of hydrogen-bond donors (Lipinski definition) is 1. The molecule has 1 aromatic heterocycles. The van der Waals surface area contributed by atoms with E-state index in [2.05, 4.69) is 10.1 Å². The Bertz CT molecular complexity index is 578. The molecular weight excluding hydrogens is 230 g/mol. The van der Waals surface area contributed by atoms with E-state index in [0.717, 1.165) is 11.1 Å². The number of hydrogen-bond acceptors (Lipinski definition) is 3. The average Bonchev–Trinajstić information content (AvgIpc) is 2.85. The van der Waals surface area contributed by atoms with E-state index in [4.69, 9.17) is 0 Å². The Kier molecular flexibility index (Phi) is 2.90. The van der Waals surface area contributed by atoms with Gasteiger partial charge in [-0.3, -0.25) is 0 Å². The number of carboxylic acid groups (broad SMARTS) is 1. The summed E-state index contributed by atoms with van der Waals surface area (Å²) in [4.78, 5) is 15.5. The fraction of sp³-hybridized carbons (Fsp3) is 0.308. The molecule has 94 valence electrons. The van der Waals surface area contributed by atoms with Gasteiger partial charge < -0.3 is 5.11 Å². The maximum Gasteiger partial charge on any atom is 0.336 e. The van der Waals surface area contributed by atoms with Crippen LogP contribution in [0.3, 0.4) is 0 Å². The third-order valence-corrected chi connectivity index (χ3v) is 3.36. The highest BCUT2D eigenvalue weighted by Gasteiger charge is 2.38. The van der Waals surface area contributed by atoms with Gasteiger partial charge in [0.25, 0.3) is 0 Å². The first-order chi connectivity index (χ1) is 8.46. The topological polar surface area (TPSA) is 68.0 Å². The van der Waals surface area contributed by atoms with Crippen molar-refractivity contribution in [2.24, 2.45) is 0 Å². The lowest BCUT2D eigenvalue weighted by molar-refractivity contribution is -0.144. The van der Waals surface area contributed by atoms with Crippen molar-refractivity contribution < 1.29 is 9.90 Å². The van der Waals surface area contributed by atoms with E-state index in [9.17, 15) is 9.90 Å². The minimum atomic E-state index is -1.24. The van der Waals surface area contributed by atoms with Crippen LogP contribution in [0.1, 0.15) is 23.6 Å². The first-order valence-electron chi connectivity index (χ1n) is 5.62. The maximum absolute atomic E-state index is 11.6. The normalized spacial score (nSPS) is 14.2. The maximum atomic E-state index is 11.6. The molecule has 0 amide bonds. The fourth-order valence-electron chi connectivity index (χ4n) is 1.84. The molecule has 0 saturated heterocycles. The van der Waals surface area contributed by atoms with Gasteiger partial charge in [-0.25, -0.2) is 14.5 Å². The minimum absolute atomic E-state index is 0.684. The summed E-state index contributed by atoms with van der Waals surface area (Å²) in [5.41, 5.74) is 1.63. The molecule has 0 aliphatic carbocycles. The summed E-state index contributed by atoms with van der Waals surface area (Å²) in [6, 6.07) is 5.62. The Morgan fingerprint density at radius 3 is 2.56 bits per heavy atom. The van der Waals surface area contributed by atoms with Crippen LogP contribution in [0, 0.1) is 13.8 Å². The second kappa shape index (κ2) is 4.25. The van der Waals surface area contributed by atoms with Crippen LogP contribution in [-0.4, -0.2) is 25.8 Å². The number of rotatable bonds is 3. The standard InChI is InChI=1S/C13H15N3O2/c1-9-4-5-11(6-10(9)2)13(3,12(17)18)16-8-14-7-15-16/h4-8H,1-3H3,(H,17,18). The molecule has 0 aliphatic rings. The van der Waals surface area contributed by atoms with Crippen molar-refractivity contribution >= 4 is 5.97 Å². The van der Waals surface area contributed by atoms with Crippen LogP contribution >= 0.6 is 0 Å². The van der Waals surface area contributed by atoms with E-state index < -0.39 is 11.5 Å². The zero-order valence-electron chi connectivity index (χ0n) is 10.6. The quantitative estimate of drug-likeness (QED) is 0.894. The summed E-state index contributed by atoms with van der Waals surface area (Å²) < 4.78 is 1.36. The van der Waals surface area contributed by atoms with E-state index >= 15 is 0 Å². The summed E-state index contributed by atoms with van der Waals surface area (Å²) in [6.07, 6.45) is 2.76. The molecular formula is C13H15N3O2. The summed E-state index contributed by atoms with van der Waals surface area (Å²) in [5, 5.41) is 13.5. The van der Waals surface area contributed by atoms with Gasteiger partial charge in [-0.15, -0.1) is 0 Å². The molecule has 5 nitrogen and oxygen atoms in total. The van der Waals surface area contributed by atoms with Crippen molar-refractivity contribution in [1.29, 1.82) is 0 Å². The molecule has 0 bridgehead atoms. The molecule has 2 rings (SSSR count). The smallest absolute Gasteiger partial charge is 0.336 e. The van der Waals surface area contributed by atoms with E-state index in [1.54, 1.807) is 6.92 Å². The SMILES string of the molecule is Cc1ccc(C(C)(C(=O)O)n2cncn2)cc1C. The Morgan fingerprint density at radius 2 is 2.06 bits per heavy atom. The minimum Gasteiger partial charge on any atom is -0.479 e. The van der Waals surface area contributed by atoms with Crippen LogP contribution in [0.2, 0.25) is 0 Å². The Labute approximate surface area is 105 Å². The van der Waals surface area contributed by atoms with Crippen LogP contribution in [-0.2, 0) is 10.3 Å². The van der Waals surface area contributed by atoms with Gasteiger partial charge >= 0.3 is 5.97 Å². The van der Waals surface area contributed by atoms with Crippen LogP contribution in [0.25, 0.3) is 0 Å². The molecule has 0 aliphatic heterocycles. The molecule has 1 unspecified atom stereocenters. The lowest BCUT2D eigenvalue weighted by Crippen LogP contribution is -2.40. The summed E-state index contributed by atoms with van der Waals surface area (Å²) >= 11 is 0. The molecule has 2 aromatic rings. The molecule has 1 heterocycles. The summed E-state index contributed by atoms with van der Waals surface area (Å²) in [7, 11) is 0. The van der Waals surface area contributed by atoms with E-state index in [1.807, 2.05) is 32.0 Å². The highest BCUT2D eigenvalue weighted by atomic mass is 16.4. The average molecular weight is 245 g/mol. The van der Waals surface area contributed by atoms with E-state index in [0.29, 0.717) is 5.56 Å². The lowest BCUT2D eigenvalue weighted by atomic mass is 9.90. The summed E-state index contributed by atoms with van der Waals surface area (Å²) in [6.45, 7) is 5.57. The molecule has 1 atom stereocenters. The van der Waals surface area contributed by atoms with Crippen molar-refractivity contribution in [3.63, 3.8) is 0 Å². The van der Waals surface area contributed by atoms with Gasteiger partial charge in [0, 0.05) is 0 Å². The van der Waals surface area contributed by atoms with E-state index in [-0.39, 0.29) is 0 Å². The number of nitrogens with zero attached hydrogens (tertiary/aromatic N) is 3. The monoisotopic (exact) mass is 245 g/mol. The number of carbonyl (C=O) groups is 1. The highest BCUT2D eigenvalue weighted by Crippen LogP contribution is 2.27. The van der Waals surface area contributed by atoms with Crippen molar-refractivity contribution in [2.45, 2.75) is 26.3 Å². The Hall–Kier alpha value is -2.17. The number of carboxylic acids is 1. The Balaban J connectivity index is 2.61. The fourth-order valence-corrected chi connectivity index (χ4v) is 1.84. The van der Waals surface area contributed by atoms with Gasteiger partial charge in [0.2, 0.25) is 0 Å². The van der Waals surface area contributed by atoms with Crippen LogP contribution < -0.4 is 0 Å². The summed E-state index contributed by atoms with van der Waals surface area (Å²) in [5.74, 6) is -0.962. The first kappa shape index (κ1) is 12.3. The zero-order valence-corrected chi connectivity index (χ0v) is 10.6. The van der Waals surface area contributed by atoms with Gasteiger partial charge in [0.1, 0.15) is 12.7 Å². The molecule has 5 heteroatoms. The number of aryl methyl sites for hydroxylation is 2. The number of aliphatic carboxylic acids is 1. The first-order valence-corrected chi connectivity index (χ1v) is 5.62. The molecule has 0 spiro atoms. The lowest BCUT2D eigenvalue weighted by Gasteiger charge is -2.26. The van der Waals surface area contributed by atoms with Crippen molar-refractivity contribution in [3.05, 3.63) is 47.5 Å². The molecule has 18 heavy (non-hydrogen) atoms. The van der Waals surface area contributed by atoms with Crippen LogP contribution in [0.4, 0.5) is 0 Å². The van der Waals surface area contributed by atoms with Gasteiger partial charge in [0.15, 0.2) is 5.54 Å². The molecule has 0 radical (unpaired) electrons. The molecule has 0 fully saturated rings. The number of aromatic nitrogens is 3. The van der Waals surface area contributed by atoms with E-state index in [1.165, 1.54) is 17.3 Å². The second-order valence-corrected chi connectivity index (χ2v) is 4.52. The van der Waals surface area contributed by atoms with Gasteiger partial charge in [-0.1, -0.05) is 18.2 Å². The van der Waals surface area contributed by atoms with Crippen molar-refractivity contribution in [2.75, 3.05) is 0 Å². The highest BCUT2D eigenvalue weighted by molar-refractivity contribution is 5.80. The van der Waals surface area contributed by atoms with Gasteiger partial charge in [0.05, 0.1) is 0 Å². The third kappa shape index (κ3) is 1.77. The predicted octanol–water partition coefficient (Wildman–Crippen LogP) is 1.74. The van der Waals surface area contributed by atoms with Crippen LogP contribution in [0.15, 0.2) is 30.9 Å². The molecule has 1 N–H and O–H groups in total. The van der Waals surface area contributed by atoms with Crippen LogP contribution in [0.5, 0.6) is 0 Å².